The largest absolute Gasteiger partial charge is 0.480 e. The number of hydrogen-bond donors (Lipinski definition) is 3. The molecule has 0 radical (unpaired) electrons. The number of benzene rings is 3. The molecule has 0 aromatic heterocycles. The molecule has 3 aromatic carbocycles. The Kier molecular flexibility index (Phi) is 6.21. The van der Waals surface area contributed by atoms with Crippen molar-refractivity contribution in [3.05, 3.63) is 87.4 Å². The minimum atomic E-state index is -0.659. The third kappa shape index (κ3) is 4.25. The summed E-state index contributed by atoms with van der Waals surface area (Å²) in [7, 11) is 0. The Bertz CT molecular complexity index is 1290. The molecule has 0 saturated heterocycles. The fourth-order valence-corrected chi connectivity index (χ4v) is 4.70. The van der Waals surface area contributed by atoms with Crippen LogP contribution in [0.3, 0.4) is 0 Å². The Morgan fingerprint density at radius 2 is 1.44 bits per heavy atom. The summed E-state index contributed by atoms with van der Waals surface area (Å²) < 4.78 is 6.08. The first-order valence-electron chi connectivity index (χ1n) is 11.1. The van der Waals surface area contributed by atoms with Crippen LogP contribution in [0.1, 0.15) is 42.6 Å². The second-order valence-corrected chi connectivity index (χ2v) is 9.13. The Morgan fingerprint density at radius 1 is 0.853 bits per heavy atom. The van der Waals surface area contributed by atoms with Gasteiger partial charge in [-0.1, -0.05) is 47.5 Å². The van der Waals surface area contributed by atoms with Gasteiger partial charge in [0.1, 0.15) is 17.4 Å². The monoisotopic (exact) mass is 494 g/mol. The lowest BCUT2D eigenvalue weighted by Crippen LogP contribution is -2.38. The van der Waals surface area contributed by atoms with E-state index >= 15 is 0 Å². The molecule has 5 rings (SSSR count). The summed E-state index contributed by atoms with van der Waals surface area (Å²) in [5.74, 6) is 1.89. The molecule has 34 heavy (non-hydrogen) atoms. The van der Waals surface area contributed by atoms with Crippen molar-refractivity contribution in [1.82, 2.24) is 0 Å². The molecule has 3 unspecified atom stereocenters. The van der Waals surface area contributed by atoms with Crippen LogP contribution >= 0.6 is 23.2 Å². The fourth-order valence-electron chi connectivity index (χ4n) is 4.24. The zero-order valence-corrected chi connectivity index (χ0v) is 20.2. The zero-order chi connectivity index (χ0) is 23.8. The molecule has 6 nitrogen and oxygen atoms in total. The number of para-hydroxylation sites is 2. The van der Waals surface area contributed by atoms with Crippen LogP contribution in [0.5, 0.6) is 5.75 Å². The third-order valence-corrected chi connectivity index (χ3v) is 6.65. The highest BCUT2D eigenvalue weighted by Crippen LogP contribution is 2.37. The van der Waals surface area contributed by atoms with Gasteiger partial charge < -0.3 is 20.5 Å². The van der Waals surface area contributed by atoms with Crippen LogP contribution in [0.4, 0.5) is 11.4 Å². The predicted octanol–water partition coefficient (Wildman–Crippen LogP) is 6.25. The second-order valence-electron chi connectivity index (χ2n) is 8.32. The highest BCUT2D eigenvalue weighted by atomic mass is 35.5. The van der Waals surface area contributed by atoms with E-state index in [0.29, 0.717) is 21.6 Å². The van der Waals surface area contributed by atoms with E-state index < -0.39 is 6.10 Å². The van der Waals surface area contributed by atoms with Crippen molar-refractivity contribution in [3.63, 3.8) is 0 Å². The molecule has 8 heteroatoms. The van der Waals surface area contributed by atoms with E-state index in [1.807, 2.05) is 74.5 Å². The molecule has 3 N–H and O–H groups in total. The van der Waals surface area contributed by atoms with Crippen LogP contribution in [0, 0.1) is 0 Å². The van der Waals surface area contributed by atoms with Crippen molar-refractivity contribution in [2.45, 2.75) is 32.0 Å². The van der Waals surface area contributed by atoms with Crippen molar-refractivity contribution in [1.29, 1.82) is 0 Å². The number of ether oxygens (including phenoxy) is 1. The summed E-state index contributed by atoms with van der Waals surface area (Å²) in [5.41, 5.74) is 4.67. The van der Waals surface area contributed by atoms with Crippen LogP contribution in [0.15, 0.2) is 70.6 Å². The van der Waals surface area contributed by atoms with Gasteiger partial charge in [0.15, 0.2) is 6.10 Å². The molecule has 0 amide bonds. The molecule has 0 aliphatic carbocycles. The Morgan fingerprint density at radius 3 is 2.06 bits per heavy atom. The van der Waals surface area contributed by atoms with Crippen LogP contribution in [0.25, 0.3) is 0 Å². The van der Waals surface area contributed by atoms with Gasteiger partial charge in [0.05, 0.1) is 40.1 Å². The summed E-state index contributed by atoms with van der Waals surface area (Å²) in [6.45, 7) is 3.80. The third-order valence-electron chi connectivity index (χ3n) is 6.02. The predicted molar refractivity (Wildman–Crippen MR) is 139 cm³/mol. The number of nitrogens with zero attached hydrogens (tertiary/aromatic N) is 2. The summed E-state index contributed by atoms with van der Waals surface area (Å²) in [5, 5.41) is 17.9. The highest BCUT2D eigenvalue weighted by molar-refractivity contribution is 6.34. The van der Waals surface area contributed by atoms with E-state index in [9.17, 15) is 5.11 Å². The minimum Gasteiger partial charge on any atom is -0.480 e. The van der Waals surface area contributed by atoms with Gasteiger partial charge in [-0.05, 0) is 50.2 Å². The van der Waals surface area contributed by atoms with Gasteiger partial charge in [0.2, 0.25) is 0 Å². The number of aliphatic hydroxyl groups excluding tert-OH is 1. The Balaban J connectivity index is 1.33. The standard InChI is InChI=1S/C26H24Cl2N4O2/c1-14-18-5-3-7-20(27)23(18)31-25(29-14)16-9-11-17(12-10-16)34-22(13-33)26-30-15(2)19-6-4-8-21(28)24(19)32-26/h3-12,14-15,22,33H,13H2,1-2H3,(H,29,31)(H,30,32). The topological polar surface area (TPSA) is 78.2 Å². The number of hydrogen-bond acceptors (Lipinski definition) is 6. The number of halogens is 2. The first-order chi connectivity index (χ1) is 16.4. The molecule has 0 bridgehead atoms. The average Bonchev–Trinajstić information content (AvgIpc) is 2.84. The van der Waals surface area contributed by atoms with Crippen LogP contribution < -0.4 is 15.4 Å². The number of anilines is 2. The number of fused-ring (bicyclic) bond motifs is 2. The molecule has 0 spiro atoms. The van der Waals surface area contributed by atoms with E-state index in [1.165, 1.54) is 0 Å². The SMILES string of the molecule is CC1N=C(c2ccc(OC(CO)C3=NC(C)c4cccc(Cl)c4N3)cc2)Nc2c(Cl)cccc21. The van der Waals surface area contributed by atoms with E-state index in [0.717, 1.165) is 33.9 Å². The quantitative estimate of drug-likeness (QED) is 0.391. The zero-order valence-electron chi connectivity index (χ0n) is 18.7. The minimum absolute atomic E-state index is 0.00766. The molecule has 2 heterocycles. The molecular weight excluding hydrogens is 471 g/mol. The van der Waals surface area contributed by atoms with Gasteiger partial charge in [0.25, 0.3) is 0 Å². The van der Waals surface area contributed by atoms with Crippen molar-refractivity contribution >= 4 is 46.2 Å². The number of amidine groups is 2. The first kappa shape index (κ1) is 22.7. The van der Waals surface area contributed by atoms with Crippen molar-refractivity contribution < 1.29 is 9.84 Å². The molecule has 3 atom stereocenters. The maximum absolute atomic E-state index is 10.0. The van der Waals surface area contributed by atoms with Gasteiger partial charge in [0, 0.05) is 16.7 Å². The molecule has 2 aliphatic rings. The average molecular weight is 495 g/mol. The number of nitrogens with one attached hydrogen (secondary N) is 2. The lowest BCUT2D eigenvalue weighted by atomic mass is 10.0. The van der Waals surface area contributed by atoms with Gasteiger partial charge >= 0.3 is 0 Å². The van der Waals surface area contributed by atoms with Crippen molar-refractivity contribution in [2.24, 2.45) is 9.98 Å². The van der Waals surface area contributed by atoms with E-state index in [2.05, 4.69) is 15.6 Å². The van der Waals surface area contributed by atoms with Gasteiger partial charge in [-0.2, -0.15) is 0 Å². The summed E-state index contributed by atoms with van der Waals surface area (Å²) >= 11 is 12.8. The Hall–Kier alpha value is -3.06. The molecule has 0 saturated carbocycles. The van der Waals surface area contributed by atoms with E-state index in [-0.39, 0.29) is 18.7 Å². The van der Waals surface area contributed by atoms with Crippen LogP contribution in [0.2, 0.25) is 10.0 Å². The molecule has 3 aromatic rings. The lowest BCUT2D eigenvalue weighted by molar-refractivity contribution is 0.162. The summed E-state index contributed by atoms with van der Waals surface area (Å²) in [4.78, 5) is 9.46. The molecule has 0 fully saturated rings. The van der Waals surface area contributed by atoms with Crippen LogP contribution in [-0.4, -0.2) is 29.5 Å². The second kappa shape index (κ2) is 9.29. The summed E-state index contributed by atoms with van der Waals surface area (Å²) in [6.07, 6.45) is -0.659. The highest BCUT2D eigenvalue weighted by Gasteiger charge is 2.26. The summed E-state index contributed by atoms with van der Waals surface area (Å²) in [6, 6.07) is 19.0. The molecular formula is C26H24Cl2N4O2. The maximum atomic E-state index is 10.0. The van der Waals surface area contributed by atoms with Gasteiger partial charge in [-0.15, -0.1) is 0 Å². The molecule has 2 aliphatic heterocycles. The smallest absolute Gasteiger partial charge is 0.178 e. The molecule has 174 valence electrons. The normalized spacial score (nSPS) is 19.6. The number of aliphatic hydroxyl groups is 1. The van der Waals surface area contributed by atoms with E-state index in [4.69, 9.17) is 32.9 Å². The van der Waals surface area contributed by atoms with Crippen molar-refractivity contribution in [2.75, 3.05) is 17.2 Å². The van der Waals surface area contributed by atoms with Gasteiger partial charge in [-0.25, -0.2) is 0 Å². The maximum Gasteiger partial charge on any atom is 0.178 e. The van der Waals surface area contributed by atoms with E-state index in [1.54, 1.807) is 0 Å². The number of aliphatic imine (C=N–C) groups is 2. The van der Waals surface area contributed by atoms with Crippen molar-refractivity contribution in [3.8, 4) is 5.75 Å². The number of rotatable bonds is 5. The first-order valence-corrected chi connectivity index (χ1v) is 11.8. The lowest BCUT2D eigenvalue weighted by Gasteiger charge is -2.28. The van der Waals surface area contributed by atoms with Crippen LogP contribution in [-0.2, 0) is 0 Å². The van der Waals surface area contributed by atoms with Gasteiger partial charge in [-0.3, -0.25) is 9.98 Å². The Labute approximate surface area is 208 Å². The fraction of sp³-hybridized carbons (Fsp3) is 0.231.